The van der Waals surface area contributed by atoms with Crippen molar-refractivity contribution in [3.63, 3.8) is 0 Å². The molecule has 102 valence electrons. The van der Waals surface area contributed by atoms with Gasteiger partial charge in [-0.2, -0.15) is 0 Å². The summed E-state index contributed by atoms with van der Waals surface area (Å²) in [7, 11) is 0. The monoisotopic (exact) mass is 266 g/mol. The van der Waals surface area contributed by atoms with Crippen molar-refractivity contribution < 1.29 is 4.79 Å². The van der Waals surface area contributed by atoms with E-state index in [2.05, 4.69) is 16.7 Å². The van der Waals surface area contributed by atoms with Crippen LogP contribution in [0.5, 0.6) is 0 Å². The summed E-state index contributed by atoms with van der Waals surface area (Å²) >= 11 is 0. The molecule has 2 N–H and O–H groups in total. The number of fused-ring (bicyclic) bond motifs is 1. The molecule has 0 atom stereocenters. The van der Waals surface area contributed by atoms with Crippen molar-refractivity contribution in [1.29, 1.82) is 0 Å². The highest BCUT2D eigenvalue weighted by molar-refractivity contribution is 6.08. The summed E-state index contributed by atoms with van der Waals surface area (Å²) in [4.78, 5) is 12.4. The highest BCUT2D eigenvalue weighted by Crippen LogP contribution is 2.26. The van der Waals surface area contributed by atoms with E-state index in [1.807, 2.05) is 43.3 Å². The van der Waals surface area contributed by atoms with E-state index in [1.54, 1.807) is 0 Å². The minimum atomic E-state index is -0.0555. The van der Waals surface area contributed by atoms with Crippen molar-refractivity contribution >= 4 is 17.3 Å². The smallest absolute Gasteiger partial charge is 0.257 e. The van der Waals surface area contributed by atoms with Crippen LogP contribution in [0.3, 0.4) is 0 Å². The standard InChI is InChI=1S/C17H18N2O/c1-12-7-9-14(10-8-12)19-17(20)15-6-2-4-13-5-3-11-18-16(13)15/h2,4,6-10,18H,3,5,11H2,1H3,(H,19,20). The average molecular weight is 266 g/mol. The second kappa shape index (κ2) is 5.37. The molecule has 1 amide bonds. The van der Waals surface area contributed by atoms with Gasteiger partial charge in [0.1, 0.15) is 0 Å². The van der Waals surface area contributed by atoms with Crippen LogP contribution in [0, 0.1) is 6.92 Å². The van der Waals surface area contributed by atoms with Gasteiger partial charge < -0.3 is 10.6 Å². The molecule has 3 nitrogen and oxygen atoms in total. The van der Waals surface area contributed by atoms with Crippen molar-refractivity contribution in [2.24, 2.45) is 0 Å². The van der Waals surface area contributed by atoms with Crippen LogP contribution in [0.15, 0.2) is 42.5 Å². The first-order valence-electron chi connectivity index (χ1n) is 6.98. The summed E-state index contributed by atoms with van der Waals surface area (Å²) in [6.07, 6.45) is 2.16. The van der Waals surface area contributed by atoms with Crippen molar-refractivity contribution in [3.05, 3.63) is 59.2 Å². The number of amides is 1. The number of carbonyl (C=O) groups excluding carboxylic acids is 1. The lowest BCUT2D eigenvalue weighted by Gasteiger charge is -2.20. The Bertz CT molecular complexity index is 632. The second-order valence-corrected chi connectivity index (χ2v) is 5.19. The van der Waals surface area contributed by atoms with Crippen molar-refractivity contribution in [2.45, 2.75) is 19.8 Å². The fourth-order valence-electron chi connectivity index (χ4n) is 2.53. The number of carbonyl (C=O) groups is 1. The van der Waals surface area contributed by atoms with Crippen LogP contribution < -0.4 is 10.6 Å². The van der Waals surface area contributed by atoms with Gasteiger partial charge in [0, 0.05) is 12.2 Å². The molecule has 3 heteroatoms. The normalized spacial score (nSPS) is 13.2. The molecule has 0 aromatic heterocycles. The molecule has 1 heterocycles. The number of hydrogen-bond donors (Lipinski definition) is 2. The van der Waals surface area contributed by atoms with Crippen LogP contribution >= 0.6 is 0 Å². The molecule has 0 unspecified atom stereocenters. The van der Waals surface area contributed by atoms with Gasteiger partial charge in [0.25, 0.3) is 5.91 Å². The van der Waals surface area contributed by atoms with E-state index in [4.69, 9.17) is 0 Å². The molecule has 20 heavy (non-hydrogen) atoms. The summed E-state index contributed by atoms with van der Waals surface area (Å²) in [6.45, 7) is 2.96. The Morgan fingerprint density at radius 1 is 1.15 bits per heavy atom. The first-order valence-corrected chi connectivity index (χ1v) is 6.98. The molecule has 0 saturated carbocycles. The van der Waals surface area contributed by atoms with Crippen LogP contribution in [-0.4, -0.2) is 12.5 Å². The van der Waals surface area contributed by atoms with Crippen molar-refractivity contribution in [2.75, 3.05) is 17.2 Å². The predicted octanol–water partition coefficient (Wildman–Crippen LogP) is 3.61. The maximum Gasteiger partial charge on any atom is 0.257 e. The van der Waals surface area contributed by atoms with E-state index >= 15 is 0 Å². The largest absolute Gasteiger partial charge is 0.384 e. The van der Waals surface area contributed by atoms with Gasteiger partial charge in [-0.15, -0.1) is 0 Å². The SMILES string of the molecule is Cc1ccc(NC(=O)c2cccc3c2NCCC3)cc1. The summed E-state index contributed by atoms with van der Waals surface area (Å²) in [5.41, 5.74) is 4.95. The molecule has 0 spiro atoms. The van der Waals surface area contributed by atoms with E-state index in [-0.39, 0.29) is 5.91 Å². The molecule has 0 saturated heterocycles. The first kappa shape index (κ1) is 12.7. The van der Waals surface area contributed by atoms with Crippen molar-refractivity contribution in [3.8, 4) is 0 Å². The highest BCUT2D eigenvalue weighted by atomic mass is 16.1. The van der Waals surface area contributed by atoms with Gasteiger partial charge in [0.2, 0.25) is 0 Å². The Labute approximate surface area is 119 Å². The third-order valence-corrected chi connectivity index (χ3v) is 3.63. The molecule has 0 aliphatic carbocycles. The maximum atomic E-state index is 12.4. The Morgan fingerprint density at radius 2 is 1.95 bits per heavy atom. The highest BCUT2D eigenvalue weighted by Gasteiger charge is 2.17. The number of hydrogen-bond acceptors (Lipinski definition) is 2. The molecule has 0 radical (unpaired) electrons. The van der Waals surface area contributed by atoms with Gasteiger partial charge in [-0.05, 0) is 43.5 Å². The number of anilines is 2. The minimum Gasteiger partial charge on any atom is -0.384 e. The van der Waals surface area contributed by atoms with E-state index in [0.29, 0.717) is 0 Å². The van der Waals surface area contributed by atoms with Gasteiger partial charge in [0.05, 0.1) is 11.3 Å². The summed E-state index contributed by atoms with van der Waals surface area (Å²) < 4.78 is 0. The minimum absolute atomic E-state index is 0.0555. The lowest BCUT2D eigenvalue weighted by Crippen LogP contribution is -2.19. The van der Waals surface area contributed by atoms with Gasteiger partial charge in [-0.25, -0.2) is 0 Å². The van der Waals surface area contributed by atoms with Crippen LogP contribution in [0.4, 0.5) is 11.4 Å². The molecule has 1 aliphatic heterocycles. The maximum absolute atomic E-state index is 12.4. The van der Waals surface area contributed by atoms with E-state index in [9.17, 15) is 4.79 Å². The molecule has 1 aliphatic rings. The topological polar surface area (TPSA) is 41.1 Å². The van der Waals surface area contributed by atoms with Crippen molar-refractivity contribution in [1.82, 2.24) is 0 Å². The first-order chi connectivity index (χ1) is 9.74. The summed E-state index contributed by atoms with van der Waals surface area (Å²) in [6, 6.07) is 13.8. The Hall–Kier alpha value is -2.29. The summed E-state index contributed by atoms with van der Waals surface area (Å²) in [5.74, 6) is -0.0555. The quantitative estimate of drug-likeness (QED) is 0.872. The predicted molar refractivity (Wildman–Crippen MR) is 82.4 cm³/mol. The second-order valence-electron chi connectivity index (χ2n) is 5.19. The number of aryl methyl sites for hydroxylation is 2. The number of para-hydroxylation sites is 1. The molecule has 3 rings (SSSR count). The van der Waals surface area contributed by atoms with Crippen LogP contribution in [0.25, 0.3) is 0 Å². The fourth-order valence-corrected chi connectivity index (χ4v) is 2.53. The van der Waals surface area contributed by atoms with Crippen LogP contribution in [0.2, 0.25) is 0 Å². The molecular weight excluding hydrogens is 248 g/mol. The Morgan fingerprint density at radius 3 is 2.75 bits per heavy atom. The average Bonchev–Trinajstić information content (AvgIpc) is 2.49. The van der Waals surface area contributed by atoms with Gasteiger partial charge >= 0.3 is 0 Å². The zero-order chi connectivity index (χ0) is 13.9. The number of rotatable bonds is 2. The molecule has 0 bridgehead atoms. The third kappa shape index (κ3) is 2.52. The Balaban J connectivity index is 1.85. The number of nitrogens with one attached hydrogen (secondary N) is 2. The molecule has 2 aromatic rings. The summed E-state index contributed by atoms with van der Waals surface area (Å²) in [5, 5.41) is 6.30. The van der Waals surface area contributed by atoms with Gasteiger partial charge in [-0.1, -0.05) is 29.8 Å². The lowest BCUT2D eigenvalue weighted by atomic mass is 9.99. The number of benzene rings is 2. The van der Waals surface area contributed by atoms with Crippen LogP contribution in [-0.2, 0) is 6.42 Å². The van der Waals surface area contributed by atoms with E-state index in [1.165, 1.54) is 11.1 Å². The lowest BCUT2D eigenvalue weighted by molar-refractivity contribution is 0.102. The van der Waals surface area contributed by atoms with Gasteiger partial charge in [0.15, 0.2) is 0 Å². The fraction of sp³-hybridized carbons (Fsp3) is 0.235. The Kier molecular flexibility index (Phi) is 3.42. The zero-order valence-electron chi connectivity index (χ0n) is 11.6. The molecule has 0 fully saturated rings. The van der Waals surface area contributed by atoms with E-state index in [0.717, 1.165) is 36.3 Å². The zero-order valence-corrected chi connectivity index (χ0v) is 11.6. The van der Waals surface area contributed by atoms with Crippen LogP contribution in [0.1, 0.15) is 27.9 Å². The third-order valence-electron chi connectivity index (χ3n) is 3.63. The van der Waals surface area contributed by atoms with Gasteiger partial charge in [-0.3, -0.25) is 4.79 Å². The molecule has 2 aromatic carbocycles. The van der Waals surface area contributed by atoms with E-state index < -0.39 is 0 Å². The molecular formula is C17H18N2O.